The Morgan fingerprint density at radius 3 is 2.20 bits per heavy atom. The smallest absolute Gasteiger partial charge is 0.0232 e. The van der Waals surface area contributed by atoms with Gasteiger partial charge in [-0.15, -0.1) is 0 Å². The predicted molar refractivity (Wildman–Crippen MR) is 68.2 cm³/mol. The van der Waals surface area contributed by atoms with Crippen molar-refractivity contribution < 1.29 is 0 Å². The SMILES string of the molecule is CCC1CCCCN(CC)C1(CC)CC. The number of likely N-dealkylation sites (tertiary alicyclic amines) is 1. The summed E-state index contributed by atoms with van der Waals surface area (Å²) >= 11 is 0. The van der Waals surface area contributed by atoms with E-state index in [0.717, 1.165) is 5.92 Å². The number of rotatable bonds is 4. The van der Waals surface area contributed by atoms with Gasteiger partial charge in [0.1, 0.15) is 0 Å². The molecule has 1 fully saturated rings. The zero-order valence-electron chi connectivity index (χ0n) is 11.2. The highest BCUT2D eigenvalue weighted by Crippen LogP contribution is 2.39. The zero-order valence-corrected chi connectivity index (χ0v) is 11.2. The normalized spacial score (nSPS) is 27.6. The number of nitrogens with zero attached hydrogens (tertiary/aromatic N) is 1. The van der Waals surface area contributed by atoms with E-state index in [9.17, 15) is 0 Å². The Labute approximate surface area is 96.2 Å². The second-order valence-corrected chi connectivity index (χ2v) is 4.99. The topological polar surface area (TPSA) is 3.24 Å². The summed E-state index contributed by atoms with van der Waals surface area (Å²) in [6.07, 6.45) is 8.32. The molecule has 1 unspecified atom stereocenters. The van der Waals surface area contributed by atoms with Gasteiger partial charge in [0, 0.05) is 5.54 Å². The Hall–Kier alpha value is -0.0400. The number of hydrogen-bond donors (Lipinski definition) is 0. The summed E-state index contributed by atoms with van der Waals surface area (Å²) in [6.45, 7) is 12.1. The fraction of sp³-hybridized carbons (Fsp3) is 1.00. The zero-order chi connectivity index (χ0) is 11.3. The molecule has 90 valence electrons. The van der Waals surface area contributed by atoms with Crippen molar-refractivity contribution in [1.82, 2.24) is 4.90 Å². The van der Waals surface area contributed by atoms with Gasteiger partial charge in [0.05, 0.1) is 0 Å². The van der Waals surface area contributed by atoms with Crippen LogP contribution in [0.4, 0.5) is 0 Å². The summed E-state index contributed by atoms with van der Waals surface area (Å²) in [5.41, 5.74) is 0.514. The lowest BCUT2D eigenvalue weighted by Gasteiger charge is -2.47. The molecule has 0 saturated carbocycles. The van der Waals surface area contributed by atoms with Crippen molar-refractivity contribution in [3.63, 3.8) is 0 Å². The van der Waals surface area contributed by atoms with Gasteiger partial charge in [0.25, 0.3) is 0 Å². The largest absolute Gasteiger partial charge is 0.298 e. The Morgan fingerprint density at radius 2 is 1.73 bits per heavy atom. The lowest BCUT2D eigenvalue weighted by atomic mass is 9.75. The maximum absolute atomic E-state index is 2.77. The summed E-state index contributed by atoms with van der Waals surface area (Å²) in [7, 11) is 0. The molecule has 1 aliphatic heterocycles. The molecule has 0 bridgehead atoms. The molecule has 1 heteroatoms. The van der Waals surface area contributed by atoms with Crippen LogP contribution in [0.3, 0.4) is 0 Å². The third-order valence-electron chi connectivity index (χ3n) is 4.72. The second-order valence-electron chi connectivity index (χ2n) is 4.99. The van der Waals surface area contributed by atoms with E-state index in [4.69, 9.17) is 0 Å². The van der Waals surface area contributed by atoms with Crippen LogP contribution in [-0.2, 0) is 0 Å². The molecule has 1 heterocycles. The third-order valence-corrected chi connectivity index (χ3v) is 4.72. The molecule has 0 spiro atoms. The second kappa shape index (κ2) is 5.89. The fourth-order valence-corrected chi connectivity index (χ4v) is 3.77. The summed E-state index contributed by atoms with van der Waals surface area (Å²) < 4.78 is 0. The van der Waals surface area contributed by atoms with E-state index in [1.165, 1.54) is 51.6 Å². The third kappa shape index (κ3) is 2.38. The lowest BCUT2D eigenvalue weighted by Crippen LogP contribution is -2.52. The van der Waals surface area contributed by atoms with Crippen LogP contribution in [0.2, 0.25) is 0 Å². The van der Waals surface area contributed by atoms with Crippen molar-refractivity contribution in [3.05, 3.63) is 0 Å². The number of hydrogen-bond acceptors (Lipinski definition) is 1. The van der Waals surface area contributed by atoms with Gasteiger partial charge in [0.15, 0.2) is 0 Å². The molecule has 0 radical (unpaired) electrons. The minimum atomic E-state index is 0.514. The van der Waals surface area contributed by atoms with Gasteiger partial charge < -0.3 is 0 Å². The van der Waals surface area contributed by atoms with Crippen LogP contribution in [0.1, 0.15) is 66.2 Å². The summed E-state index contributed by atoms with van der Waals surface area (Å²) in [6, 6.07) is 0. The average molecular weight is 211 g/mol. The Morgan fingerprint density at radius 1 is 1.07 bits per heavy atom. The summed E-state index contributed by atoms with van der Waals surface area (Å²) in [4.78, 5) is 2.77. The molecule has 0 aromatic heterocycles. The van der Waals surface area contributed by atoms with E-state index in [0.29, 0.717) is 5.54 Å². The standard InChI is InChI=1S/C14H29N/c1-5-13-11-9-10-12-15(8-4)14(13,6-2)7-3/h13H,5-12H2,1-4H3. The van der Waals surface area contributed by atoms with E-state index in [1.807, 2.05) is 0 Å². The molecule has 1 atom stereocenters. The van der Waals surface area contributed by atoms with E-state index in [1.54, 1.807) is 0 Å². The summed E-state index contributed by atoms with van der Waals surface area (Å²) in [5, 5.41) is 0. The van der Waals surface area contributed by atoms with Gasteiger partial charge in [-0.3, -0.25) is 4.90 Å². The van der Waals surface area contributed by atoms with Gasteiger partial charge in [-0.25, -0.2) is 0 Å². The predicted octanol–water partition coefficient (Wildman–Crippen LogP) is 4.08. The van der Waals surface area contributed by atoms with Crippen LogP contribution >= 0.6 is 0 Å². The molecule has 0 aromatic rings. The molecule has 15 heavy (non-hydrogen) atoms. The van der Waals surface area contributed by atoms with Gasteiger partial charge in [0.2, 0.25) is 0 Å². The maximum Gasteiger partial charge on any atom is 0.0232 e. The van der Waals surface area contributed by atoms with Gasteiger partial charge in [-0.2, -0.15) is 0 Å². The lowest BCUT2D eigenvalue weighted by molar-refractivity contribution is 0.0348. The van der Waals surface area contributed by atoms with Crippen molar-refractivity contribution >= 4 is 0 Å². The van der Waals surface area contributed by atoms with Crippen LogP contribution in [-0.4, -0.2) is 23.5 Å². The molecule has 0 aliphatic carbocycles. The van der Waals surface area contributed by atoms with Crippen molar-refractivity contribution in [3.8, 4) is 0 Å². The molecular weight excluding hydrogens is 182 g/mol. The van der Waals surface area contributed by atoms with Crippen molar-refractivity contribution in [2.75, 3.05) is 13.1 Å². The molecule has 1 nitrogen and oxygen atoms in total. The monoisotopic (exact) mass is 211 g/mol. The van der Waals surface area contributed by atoms with Crippen molar-refractivity contribution in [2.24, 2.45) is 5.92 Å². The molecule has 1 saturated heterocycles. The summed E-state index contributed by atoms with van der Waals surface area (Å²) in [5.74, 6) is 0.926. The van der Waals surface area contributed by atoms with Crippen LogP contribution in [0.15, 0.2) is 0 Å². The van der Waals surface area contributed by atoms with Crippen LogP contribution < -0.4 is 0 Å². The molecule has 0 N–H and O–H groups in total. The van der Waals surface area contributed by atoms with E-state index in [2.05, 4.69) is 32.6 Å². The molecule has 1 rings (SSSR count). The highest BCUT2D eigenvalue weighted by Gasteiger charge is 2.40. The van der Waals surface area contributed by atoms with Crippen LogP contribution in [0.25, 0.3) is 0 Å². The Kier molecular flexibility index (Phi) is 5.11. The van der Waals surface area contributed by atoms with E-state index in [-0.39, 0.29) is 0 Å². The Bertz CT molecular complexity index is 156. The van der Waals surface area contributed by atoms with E-state index >= 15 is 0 Å². The molecule has 0 amide bonds. The quantitative estimate of drug-likeness (QED) is 0.677. The average Bonchev–Trinajstić information content (AvgIpc) is 2.47. The maximum atomic E-state index is 2.77. The minimum Gasteiger partial charge on any atom is -0.298 e. The van der Waals surface area contributed by atoms with Crippen molar-refractivity contribution in [2.45, 2.75) is 71.8 Å². The fourth-order valence-electron chi connectivity index (χ4n) is 3.77. The first-order valence-electron chi connectivity index (χ1n) is 7.00. The first-order chi connectivity index (χ1) is 7.25. The molecular formula is C14H29N. The van der Waals surface area contributed by atoms with Crippen LogP contribution in [0.5, 0.6) is 0 Å². The molecule has 0 aromatic carbocycles. The highest BCUT2D eigenvalue weighted by atomic mass is 15.2. The highest BCUT2D eigenvalue weighted by molar-refractivity contribution is 4.95. The minimum absolute atomic E-state index is 0.514. The molecule has 1 aliphatic rings. The van der Waals surface area contributed by atoms with Gasteiger partial charge in [-0.05, 0) is 44.7 Å². The first-order valence-corrected chi connectivity index (χ1v) is 7.00. The van der Waals surface area contributed by atoms with Crippen molar-refractivity contribution in [1.29, 1.82) is 0 Å². The van der Waals surface area contributed by atoms with E-state index < -0.39 is 0 Å². The Balaban J connectivity index is 2.93. The van der Waals surface area contributed by atoms with Gasteiger partial charge in [-0.1, -0.05) is 40.5 Å². The van der Waals surface area contributed by atoms with Gasteiger partial charge >= 0.3 is 0 Å². The first kappa shape index (κ1) is 13.0. The van der Waals surface area contributed by atoms with Crippen LogP contribution in [0, 0.1) is 5.92 Å².